The molecule has 5 heteroatoms. The first-order valence-electron chi connectivity index (χ1n) is 18.9. The summed E-state index contributed by atoms with van der Waals surface area (Å²) in [5, 5.41) is 9.53. The third-order valence-electron chi connectivity index (χ3n) is 8.25. The molecule has 0 aliphatic rings. The fourth-order valence-electron chi connectivity index (χ4n) is 5.35. The maximum absolute atomic E-state index is 12.1. The van der Waals surface area contributed by atoms with Crippen molar-refractivity contribution in [3.63, 3.8) is 0 Å². The molecular weight excluding hydrogens is 548 g/mol. The van der Waals surface area contributed by atoms with Crippen molar-refractivity contribution in [1.82, 2.24) is 0 Å². The van der Waals surface area contributed by atoms with Crippen LogP contribution in [0.4, 0.5) is 0 Å². The van der Waals surface area contributed by atoms with Gasteiger partial charge in [0.1, 0.15) is 6.61 Å². The molecule has 44 heavy (non-hydrogen) atoms. The van der Waals surface area contributed by atoms with Gasteiger partial charge in [0, 0.05) is 12.8 Å². The van der Waals surface area contributed by atoms with Crippen LogP contribution >= 0.6 is 0 Å². The SMILES string of the molecule is CCCCCC/C=C\C/C=C\CCCCCCCC(=O)OC(CO)COC(=O)CCCCCCCCCCCCCCCC. The molecule has 0 radical (unpaired) electrons. The van der Waals surface area contributed by atoms with E-state index >= 15 is 0 Å². The topological polar surface area (TPSA) is 72.8 Å². The molecule has 0 aromatic rings. The Hall–Kier alpha value is -1.62. The number of esters is 2. The monoisotopic (exact) mass is 621 g/mol. The van der Waals surface area contributed by atoms with Crippen LogP contribution in [0.5, 0.6) is 0 Å². The predicted octanol–water partition coefficient (Wildman–Crippen LogP) is 11.5. The largest absolute Gasteiger partial charge is 0.462 e. The van der Waals surface area contributed by atoms with Gasteiger partial charge in [-0.05, 0) is 44.9 Å². The summed E-state index contributed by atoms with van der Waals surface area (Å²) in [6.45, 7) is 4.11. The van der Waals surface area contributed by atoms with E-state index in [4.69, 9.17) is 9.47 Å². The Kier molecular flexibility index (Phi) is 34.5. The highest BCUT2D eigenvalue weighted by atomic mass is 16.6. The number of hydrogen-bond donors (Lipinski definition) is 1. The quantitative estimate of drug-likeness (QED) is 0.0440. The molecule has 1 unspecified atom stereocenters. The van der Waals surface area contributed by atoms with Gasteiger partial charge in [0.25, 0.3) is 0 Å². The number of ether oxygens (including phenoxy) is 2. The number of carbonyl (C=O) groups is 2. The summed E-state index contributed by atoms with van der Waals surface area (Å²) in [6, 6.07) is 0. The Bertz CT molecular complexity index is 671. The van der Waals surface area contributed by atoms with Gasteiger partial charge in [-0.1, -0.05) is 160 Å². The molecule has 0 saturated heterocycles. The van der Waals surface area contributed by atoms with Crippen molar-refractivity contribution < 1.29 is 24.2 Å². The van der Waals surface area contributed by atoms with Gasteiger partial charge < -0.3 is 14.6 Å². The Balaban J connectivity index is 3.57. The Morgan fingerprint density at radius 3 is 1.36 bits per heavy atom. The number of allylic oxidation sites excluding steroid dienone is 4. The first kappa shape index (κ1) is 42.4. The van der Waals surface area contributed by atoms with Crippen molar-refractivity contribution in [2.24, 2.45) is 0 Å². The van der Waals surface area contributed by atoms with Crippen LogP contribution in [0, 0.1) is 0 Å². The first-order valence-corrected chi connectivity index (χ1v) is 18.9. The Morgan fingerprint density at radius 2 is 0.909 bits per heavy atom. The van der Waals surface area contributed by atoms with Crippen LogP contribution in [0.2, 0.25) is 0 Å². The standard InChI is InChI=1S/C39H72O5/c1-3-5-7-9-11-13-15-17-19-20-22-24-26-28-30-32-34-39(42)44-37(35-40)36-43-38(41)33-31-29-27-25-23-21-18-16-14-12-10-8-6-4-2/h13,15,19-20,37,40H,3-12,14,16-18,21-36H2,1-2H3/b15-13-,20-19-. The average Bonchev–Trinajstić information content (AvgIpc) is 3.02. The van der Waals surface area contributed by atoms with E-state index in [-0.39, 0.29) is 25.2 Å². The van der Waals surface area contributed by atoms with Crippen molar-refractivity contribution in [3.8, 4) is 0 Å². The van der Waals surface area contributed by atoms with Gasteiger partial charge in [0.05, 0.1) is 6.61 Å². The van der Waals surface area contributed by atoms with Crippen molar-refractivity contribution in [3.05, 3.63) is 24.3 Å². The van der Waals surface area contributed by atoms with Crippen LogP contribution in [-0.4, -0.2) is 36.4 Å². The summed E-state index contributed by atoms with van der Waals surface area (Å²) in [6.07, 6.45) is 40.9. The van der Waals surface area contributed by atoms with Crippen LogP contribution in [0.25, 0.3) is 0 Å². The van der Waals surface area contributed by atoms with Gasteiger partial charge >= 0.3 is 11.9 Å². The molecule has 0 heterocycles. The summed E-state index contributed by atoms with van der Waals surface area (Å²) in [5.41, 5.74) is 0. The molecule has 0 fully saturated rings. The summed E-state index contributed by atoms with van der Waals surface area (Å²) < 4.78 is 10.6. The second kappa shape index (κ2) is 35.9. The van der Waals surface area contributed by atoms with Gasteiger partial charge in [-0.25, -0.2) is 0 Å². The Labute approximate surface area is 273 Å². The molecule has 1 N–H and O–H groups in total. The third-order valence-corrected chi connectivity index (χ3v) is 8.25. The van der Waals surface area contributed by atoms with Crippen molar-refractivity contribution >= 4 is 11.9 Å². The maximum Gasteiger partial charge on any atom is 0.306 e. The fourth-order valence-corrected chi connectivity index (χ4v) is 5.35. The van der Waals surface area contributed by atoms with Gasteiger partial charge in [0.2, 0.25) is 0 Å². The number of unbranched alkanes of at least 4 members (excludes halogenated alkanes) is 22. The third kappa shape index (κ3) is 33.3. The van der Waals surface area contributed by atoms with E-state index in [2.05, 4.69) is 38.2 Å². The average molecular weight is 621 g/mol. The minimum Gasteiger partial charge on any atom is -0.462 e. The van der Waals surface area contributed by atoms with Crippen molar-refractivity contribution in [2.45, 2.75) is 200 Å². The van der Waals surface area contributed by atoms with E-state index in [0.29, 0.717) is 12.8 Å². The molecule has 0 aromatic heterocycles. The number of rotatable bonds is 34. The Morgan fingerprint density at radius 1 is 0.523 bits per heavy atom. The van der Waals surface area contributed by atoms with Gasteiger partial charge in [-0.3, -0.25) is 9.59 Å². The molecule has 0 aromatic carbocycles. The van der Waals surface area contributed by atoms with Crippen molar-refractivity contribution in [1.29, 1.82) is 0 Å². The lowest BCUT2D eigenvalue weighted by Crippen LogP contribution is -2.28. The second-order valence-electron chi connectivity index (χ2n) is 12.7. The molecule has 1 atom stereocenters. The van der Waals surface area contributed by atoms with Gasteiger partial charge in [-0.2, -0.15) is 0 Å². The first-order chi connectivity index (χ1) is 21.6. The number of carbonyl (C=O) groups excluding carboxylic acids is 2. The molecule has 0 spiro atoms. The lowest BCUT2D eigenvalue weighted by Gasteiger charge is -2.15. The molecule has 0 saturated carbocycles. The molecular formula is C39H72O5. The highest BCUT2D eigenvalue weighted by Crippen LogP contribution is 2.14. The van der Waals surface area contributed by atoms with Gasteiger partial charge in [-0.15, -0.1) is 0 Å². The fraction of sp³-hybridized carbons (Fsp3) is 0.846. The van der Waals surface area contributed by atoms with E-state index < -0.39 is 6.10 Å². The molecule has 0 aliphatic carbocycles. The van der Waals surface area contributed by atoms with Crippen LogP contribution in [0.3, 0.4) is 0 Å². The minimum atomic E-state index is -0.773. The lowest BCUT2D eigenvalue weighted by molar-refractivity contribution is -0.161. The molecule has 0 amide bonds. The molecule has 5 nitrogen and oxygen atoms in total. The van der Waals surface area contributed by atoms with Gasteiger partial charge in [0.15, 0.2) is 6.10 Å². The second-order valence-corrected chi connectivity index (χ2v) is 12.7. The highest BCUT2D eigenvalue weighted by molar-refractivity contribution is 5.70. The normalized spacial score (nSPS) is 12.3. The highest BCUT2D eigenvalue weighted by Gasteiger charge is 2.16. The van der Waals surface area contributed by atoms with E-state index in [1.54, 1.807) is 0 Å². The summed E-state index contributed by atoms with van der Waals surface area (Å²) in [7, 11) is 0. The van der Waals surface area contributed by atoms with Crippen LogP contribution in [0.1, 0.15) is 194 Å². The van der Waals surface area contributed by atoms with E-state index in [1.165, 1.54) is 116 Å². The zero-order valence-corrected chi connectivity index (χ0v) is 29.2. The molecule has 0 rings (SSSR count). The zero-order valence-electron chi connectivity index (χ0n) is 29.2. The molecule has 0 aliphatic heterocycles. The number of aliphatic hydroxyl groups excluding tert-OH is 1. The number of hydrogen-bond acceptors (Lipinski definition) is 5. The maximum atomic E-state index is 12.1. The summed E-state index contributed by atoms with van der Waals surface area (Å²) >= 11 is 0. The summed E-state index contributed by atoms with van der Waals surface area (Å²) in [4.78, 5) is 24.2. The minimum absolute atomic E-state index is 0.0675. The lowest BCUT2D eigenvalue weighted by atomic mass is 10.0. The van der Waals surface area contributed by atoms with Crippen LogP contribution < -0.4 is 0 Å². The van der Waals surface area contributed by atoms with Crippen molar-refractivity contribution in [2.75, 3.05) is 13.2 Å². The smallest absolute Gasteiger partial charge is 0.306 e. The van der Waals surface area contributed by atoms with Crippen LogP contribution in [0.15, 0.2) is 24.3 Å². The molecule has 258 valence electrons. The number of aliphatic hydroxyl groups is 1. The predicted molar refractivity (Wildman–Crippen MR) is 187 cm³/mol. The van der Waals surface area contributed by atoms with E-state index in [0.717, 1.165) is 51.4 Å². The van der Waals surface area contributed by atoms with E-state index in [1.807, 2.05) is 0 Å². The summed E-state index contributed by atoms with van der Waals surface area (Å²) in [5.74, 6) is -0.601. The van der Waals surface area contributed by atoms with E-state index in [9.17, 15) is 14.7 Å². The van der Waals surface area contributed by atoms with Crippen LogP contribution in [-0.2, 0) is 19.1 Å². The molecule has 0 bridgehead atoms. The zero-order chi connectivity index (χ0) is 32.2.